The minimum absolute atomic E-state index is 0.790. The fourth-order valence-corrected chi connectivity index (χ4v) is 2.73. The van der Waals surface area contributed by atoms with Crippen LogP contribution < -0.4 is 5.32 Å². The molecular weight excluding hydrogens is 184 g/mol. The largest absolute Gasteiger partial charge is 0.314 e. The molecule has 0 amide bonds. The Kier molecular flexibility index (Phi) is 5.62. The molecule has 0 atom stereocenters. The van der Waals surface area contributed by atoms with Gasteiger partial charge in [-0.25, -0.2) is 0 Å². The summed E-state index contributed by atoms with van der Waals surface area (Å²) in [5.41, 5.74) is 0. The van der Waals surface area contributed by atoms with Crippen LogP contribution in [0.1, 0.15) is 46.5 Å². The number of nitrogens with one attached hydrogen (secondary N) is 1. The summed E-state index contributed by atoms with van der Waals surface area (Å²) < 4.78 is 0. The van der Waals surface area contributed by atoms with Crippen molar-refractivity contribution in [3.8, 4) is 0 Å². The van der Waals surface area contributed by atoms with Gasteiger partial charge in [-0.15, -0.1) is 0 Å². The van der Waals surface area contributed by atoms with E-state index >= 15 is 0 Å². The lowest BCUT2D eigenvalue weighted by atomic mass is 9.90. The average Bonchev–Trinajstić information content (AvgIpc) is 2.18. The van der Waals surface area contributed by atoms with E-state index in [0.717, 1.165) is 24.5 Å². The molecule has 0 aromatic carbocycles. The molecule has 1 fully saturated rings. The lowest BCUT2D eigenvalue weighted by molar-refractivity contribution is 0.160. The highest BCUT2D eigenvalue weighted by Gasteiger charge is 2.23. The first-order chi connectivity index (χ1) is 7.13. The molecule has 0 radical (unpaired) electrons. The van der Waals surface area contributed by atoms with Crippen LogP contribution in [0.4, 0.5) is 0 Å². The van der Waals surface area contributed by atoms with Crippen LogP contribution in [0, 0.1) is 5.92 Å². The lowest BCUT2D eigenvalue weighted by Crippen LogP contribution is -2.41. The Morgan fingerprint density at radius 3 is 2.27 bits per heavy atom. The molecule has 0 bridgehead atoms. The first kappa shape index (κ1) is 13.0. The van der Waals surface area contributed by atoms with Crippen LogP contribution in [0.25, 0.3) is 0 Å². The van der Waals surface area contributed by atoms with Gasteiger partial charge in [0, 0.05) is 18.6 Å². The maximum Gasteiger partial charge on any atom is 0.00934 e. The molecule has 15 heavy (non-hydrogen) atoms. The third kappa shape index (κ3) is 4.52. The Labute approximate surface area is 95.4 Å². The molecule has 2 heteroatoms. The van der Waals surface area contributed by atoms with Gasteiger partial charge in [-0.05, 0) is 45.2 Å². The standard InChI is InChI=1S/C13H28N2/c1-5-14-12-6-8-13(9-7-12)15(4)10-11(2)3/h11-14H,5-10H2,1-4H3/t12-,13-. The summed E-state index contributed by atoms with van der Waals surface area (Å²) in [6.45, 7) is 9.19. The number of nitrogens with zero attached hydrogens (tertiary/aromatic N) is 1. The molecule has 0 aromatic rings. The number of hydrogen-bond acceptors (Lipinski definition) is 2. The molecule has 1 N–H and O–H groups in total. The second-order valence-electron chi connectivity index (χ2n) is 5.40. The average molecular weight is 212 g/mol. The summed E-state index contributed by atoms with van der Waals surface area (Å²) in [6.07, 6.45) is 5.48. The van der Waals surface area contributed by atoms with E-state index < -0.39 is 0 Å². The van der Waals surface area contributed by atoms with Gasteiger partial charge < -0.3 is 10.2 Å². The van der Waals surface area contributed by atoms with Crippen molar-refractivity contribution in [1.82, 2.24) is 10.2 Å². The van der Waals surface area contributed by atoms with Gasteiger partial charge in [0.1, 0.15) is 0 Å². The van der Waals surface area contributed by atoms with Crippen LogP contribution in [-0.2, 0) is 0 Å². The van der Waals surface area contributed by atoms with Gasteiger partial charge in [0.15, 0.2) is 0 Å². The van der Waals surface area contributed by atoms with E-state index in [9.17, 15) is 0 Å². The Balaban J connectivity index is 2.24. The summed E-state index contributed by atoms with van der Waals surface area (Å²) in [4.78, 5) is 2.56. The highest BCUT2D eigenvalue weighted by molar-refractivity contribution is 4.81. The predicted octanol–water partition coefficient (Wildman–Crippen LogP) is 2.49. The van der Waals surface area contributed by atoms with E-state index in [-0.39, 0.29) is 0 Å². The fraction of sp³-hybridized carbons (Fsp3) is 1.00. The molecule has 1 saturated carbocycles. The van der Waals surface area contributed by atoms with E-state index in [0.29, 0.717) is 0 Å². The Morgan fingerprint density at radius 2 is 1.80 bits per heavy atom. The van der Waals surface area contributed by atoms with Gasteiger partial charge in [0.2, 0.25) is 0 Å². The lowest BCUT2D eigenvalue weighted by Gasteiger charge is -2.35. The van der Waals surface area contributed by atoms with Crippen molar-refractivity contribution in [2.24, 2.45) is 5.92 Å². The number of rotatable bonds is 5. The molecular formula is C13H28N2. The van der Waals surface area contributed by atoms with E-state index in [2.05, 4.69) is 38.0 Å². The monoisotopic (exact) mass is 212 g/mol. The highest BCUT2D eigenvalue weighted by Crippen LogP contribution is 2.22. The second-order valence-corrected chi connectivity index (χ2v) is 5.40. The van der Waals surface area contributed by atoms with Crippen molar-refractivity contribution in [1.29, 1.82) is 0 Å². The third-order valence-corrected chi connectivity index (χ3v) is 3.47. The van der Waals surface area contributed by atoms with E-state index in [1.807, 2.05) is 0 Å². The van der Waals surface area contributed by atoms with Gasteiger partial charge in [0.25, 0.3) is 0 Å². The molecule has 1 rings (SSSR count). The summed E-state index contributed by atoms with van der Waals surface area (Å²) in [6, 6.07) is 1.63. The zero-order valence-corrected chi connectivity index (χ0v) is 10.9. The zero-order valence-electron chi connectivity index (χ0n) is 10.9. The highest BCUT2D eigenvalue weighted by atomic mass is 15.1. The Hall–Kier alpha value is -0.0800. The molecule has 0 aromatic heterocycles. The molecule has 2 nitrogen and oxygen atoms in total. The van der Waals surface area contributed by atoms with Crippen LogP contribution >= 0.6 is 0 Å². The maximum absolute atomic E-state index is 3.57. The Bertz CT molecular complexity index is 160. The quantitative estimate of drug-likeness (QED) is 0.753. The van der Waals surface area contributed by atoms with Crippen molar-refractivity contribution < 1.29 is 0 Å². The smallest absolute Gasteiger partial charge is 0.00934 e. The molecule has 1 aliphatic rings. The van der Waals surface area contributed by atoms with Crippen LogP contribution in [0.15, 0.2) is 0 Å². The Morgan fingerprint density at radius 1 is 1.20 bits per heavy atom. The maximum atomic E-state index is 3.57. The van der Waals surface area contributed by atoms with E-state index in [1.54, 1.807) is 0 Å². The minimum atomic E-state index is 0.790. The summed E-state index contributed by atoms with van der Waals surface area (Å²) in [5.74, 6) is 0.793. The van der Waals surface area contributed by atoms with Crippen molar-refractivity contribution >= 4 is 0 Å². The third-order valence-electron chi connectivity index (χ3n) is 3.47. The van der Waals surface area contributed by atoms with E-state index in [1.165, 1.54) is 32.2 Å². The molecule has 0 spiro atoms. The van der Waals surface area contributed by atoms with Crippen LogP contribution in [-0.4, -0.2) is 37.1 Å². The van der Waals surface area contributed by atoms with Crippen molar-refractivity contribution in [2.75, 3.05) is 20.1 Å². The first-order valence-electron chi connectivity index (χ1n) is 6.57. The van der Waals surface area contributed by atoms with E-state index in [4.69, 9.17) is 0 Å². The van der Waals surface area contributed by atoms with Crippen molar-refractivity contribution in [3.63, 3.8) is 0 Å². The first-order valence-corrected chi connectivity index (χ1v) is 6.57. The second kappa shape index (κ2) is 6.49. The number of hydrogen-bond donors (Lipinski definition) is 1. The molecule has 0 aliphatic heterocycles. The summed E-state index contributed by atoms with van der Waals surface area (Å²) in [5, 5.41) is 3.57. The van der Waals surface area contributed by atoms with Gasteiger partial charge in [0.05, 0.1) is 0 Å². The molecule has 0 saturated heterocycles. The topological polar surface area (TPSA) is 15.3 Å². The van der Waals surface area contributed by atoms with Gasteiger partial charge in [-0.3, -0.25) is 0 Å². The zero-order chi connectivity index (χ0) is 11.3. The molecule has 0 heterocycles. The van der Waals surface area contributed by atoms with Crippen LogP contribution in [0.3, 0.4) is 0 Å². The normalized spacial score (nSPS) is 27.6. The van der Waals surface area contributed by atoms with Gasteiger partial charge >= 0.3 is 0 Å². The van der Waals surface area contributed by atoms with Crippen LogP contribution in [0.2, 0.25) is 0 Å². The summed E-state index contributed by atoms with van der Waals surface area (Å²) >= 11 is 0. The summed E-state index contributed by atoms with van der Waals surface area (Å²) in [7, 11) is 2.29. The minimum Gasteiger partial charge on any atom is -0.314 e. The van der Waals surface area contributed by atoms with Gasteiger partial charge in [-0.1, -0.05) is 20.8 Å². The van der Waals surface area contributed by atoms with Crippen LogP contribution in [0.5, 0.6) is 0 Å². The van der Waals surface area contributed by atoms with Crippen molar-refractivity contribution in [2.45, 2.75) is 58.5 Å². The van der Waals surface area contributed by atoms with Gasteiger partial charge in [-0.2, -0.15) is 0 Å². The molecule has 1 aliphatic carbocycles. The predicted molar refractivity (Wildman–Crippen MR) is 67.2 cm³/mol. The molecule has 0 unspecified atom stereocenters. The fourth-order valence-electron chi connectivity index (χ4n) is 2.73. The van der Waals surface area contributed by atoms with Crippen molar-refractivity contribution in [3.05, 3.63) is 0 Å². The SMILES string of the molecule is CCN[C@H]1CC[C@H](N(C)CC(C)C)CC1. The molecule has 90 valence electrons.